The monoisotopic (exact) mass is 286 g/mol. The van der Waals surface area contributed by atoms with Crippen molar-refractivity contribution in [2.24, 2.45) is 7.05 Å². The lowest BCUT2D eigenvalue weighted by molar-refractivity contribution is 0.474. The predicted octanol–water partition coefficient (Wildman–Crippen LogP) is 2.69. The summed E-state index contributed by atoms with van der Waals surface area (Å²) in [6.45, 7) is 0. The number of benzene rings is 1. The van der Waals surface area contributed by atoms with Gasteiger partial charge >= 0.3 is 0 Å². The summed E-state index contributed by atoms with van der Waals surface area (Å²) in [6, 6.07) is 10.1. The molecule has 0 atom stereocenters. The van der Waals surface area contributed by atoms with E-state index >= 15 is 0 Å². The first-order valence-electron chi connectivity index (χ1n) is 6.26. The molecule has 0 unspecified atom stereocenters. The first kappa shape index (κ1) is 12.9. The van der Waals surface area contributed by atoms with Crippen LogP contribution in [0.5, 0.6) is 0 Å². The molecule has 0 aliphatic heterocycles. The molecule has 0 aliphatic carbocycles. The average molecular weight is 286 g/mol. The lowest BCUT2D eigenvalue weighted by Crippen LogP contribution is -1.89. The largest absolute Gasteiger partial charge is 0.424 e. The third-order valence-electron chi connectivity index (χ3n) is 2.81. The van der Waals surface area contributed by atoms with E-state index in [2.05, 4.69) is 15.2 Å². The third-order valence-corrected chi connectivity index (χ3v) is 3.85. The molecule has 0 spiro atoms. The molecule has 3 rings (SSSR count). The maximum Gasteiger partial charge on any atom is 0.226 e. The van der Waals surface area contributed by atoms with E-state index in [1.165, 1.54) is 5.56 Å². The predicted molar refractivity (Wildman–Crippen MR) is 76.3 cm³/mol. The molecule has 2 heterocycles. The number of hydrogen-bond donors (Lipinski definition) is 0. The zero-order valence-corrected chi connectivity index (χ0v) is 11.9. The van der Waals surface area contributed by atoms with E-state index in [0.717, 1.165) is 5.16 Å². The number of thioether (sulfide) groups is 1. The minimum absolute atomic E-state index is 0.629. The van der Waals surface area contributed by atoms with Crippen molar-refractivity contribution < 1.29 is 4.42 Å². The van der Waals surface area contributed by atoms with Crippen LogP contribution in [0.2, 0.25) is 0 Å². The summed E-state index contributed by atoms with van der Waals surface area (Å²) in [5, 5.41) is 9.08. The average Bonchev–Trinajstić information content (AvgIpc) is 3.07. The van der Waals surface area contributed by atoms with Gasteiger partial charge in [-0.2, -0.15) is 0 Å². The Hall–Kier alpha value is -2.08. The molecule has 0 aliphatic rings. The maximum atomic E-state index is 5.65. The van der Waals surface area contributed by atoms with Gasteiger partial charge in [0.1, 0.15) is 0 Å². The Morgan fingerprint density at radius 1 is 1.15 bits per heavy atom. The van der Waals surface area contributed by atoms with Gasteiger partial charge in [-0.05, 0) is 5.56 Å². The van der Waals surface area contributed by atoms with Crippen LogP contribution in [-0.4, -0.2) is 19.7 Å². The van der Waals surface area contributed by atoms with E-state index in [1.54, 1.807) is 18.0 Å². The van der Waals surface area contributed by atoms with Crippen molar-refractivity contribution in [2.45, 2.75) is 17.3 Å². The van der Waals surface area contributed by atoms with Gasteiger partial charge in [-0.15, -0.1) is 10.2 Å². The summed E-state index contributed by atoms with van der Waals surface area (Å²) in [7, 11) is 1.96. The van der Waals surface area contributed by atoms with E-state index in [-0.39, 0.29) is 0 Å². The SMILES string of the molecule is Cn1ccnc1SCc1nnc(Cc2ccccc2)o1. The molecule has 0 saturated heterocycles. The maximum absolute atomic E-state index is 5.65. The molecular formula is C14H14N4OS. The van der Waals surface area contributed by atoms with Crippen molar-refractivity contribution in [2.75, 3.05) is 0 Å². The molecule has 5 nitrogen and oxygen atoms in total. The van der Waals surface area contributed by atoms with Gasteiger partial charge in [0.2, 0.25) is 11.8 Å². The number of aryl methyl sites for hydroxylation is 1. The zero-order valence-electron chi connectivity index (χ0n) is 11.1. The van der Waals surface area contributed by atoms with Crippen molar-refractivity contribution >= 4 is 11.8 Å². The topological polar surface area (TPSA) is 56.7 Å². The van der Waals surface area contributed by atoms with Crippen LogP contribution in [0.25, 0.3) is 0 Å². The summed E-state index contributed by atoms with van der Waals surface area (Å²) in [6.07, 6.45) is 4.36. The normalized spacial score (nSPS) is 10.8. The number of imidazole rings is 1. The number of rotatable bonds is 5. The van der Waals surface area contributed by atoms with Crippen molar-refractivity contribution in [1.82, 2.24) is 19.7 Å². The van der Waals surface area contributed by atoms with Gasteiger partial charge in [0.25, 0.3) is 0 Å². The zero-order chi connectivity index (χ0) is 13.8. The van der Waals surface area contributed by atoms with Crippen LogP contribution >= 0.6 is 11.8 Å². The standard InChI is InChI=1S/C14H14N4OS/c1-18-8-7-15-14(18)20-10-13-17-16-12(19-13)9-11-5-3-2-4-6-11/h2-8H,9-10H2,1H3. The fourth-order valence-electron chi connectivity index (χ4n) is 1.81. The van der Waals surface area contributed by atoms with Crippen LogP contribution in [0.1, 0.15) is 17.3 Å². The fraction of sp³-hybridized carbons (Fsp3) is 0.214. The number of aromatic nitrogens is 4. The lowest BCUT2D eigenvalue weighted by Gasteiger charge is -1.98. The van der Waals surface area contributed by atoms with E-state index < -0.39 is 0 Å². The van der Waals surface area contributed by atoms with Gasteiger partial charge in [-0.25, -0.2) is 4.98 Å². The highest BCUT2D eigenvalue weighted by molar-refractivity contribution is 7.98. The molecule has 0 amide bonds. The molecule has 0 saturated carbocycles. The van der Waals surface area contributed by atoms with E-state index in [4.69, 9.17) is 4.42 Å². The molecule has 0 N–H and O–H groups in total. The first-order chi connectivity index (χ1) is 9.81. The Kier molecular flexibility index (Phi) is 3.83. The summed E-state index contributed by atoms with van der Waals surface area (Å²) in [5.41, 5.74) is 1.17. The lowest BCUT2D eigenvalue weighted by atomic mass is 10.2. The van der Waals surface area contributed by atoms with Crippen LogP contribution in [0.15, 0.2) is 52.3 Å². The molecule has 3 aromatic rings. The molecule has 2 aromatic heterocycles. The Morgan fingerprint density at radius 2 is 1.95 bits per heavy atom. The summed E-state index contributed by atoms with van der Waals surface area (Å²) in [5.74, 6) is 1.91. The quantitative estimate of drug-likeness (QED) is 0.675. The summed E-state index contributed by atoms with van der Waals surface area (Å²) in [4.78, 5) is 4.24. The number of hydrogen-bond acceptors (Lipinski definition) is 5. The summed E-state index contributed by atoms with van der Waals surface area (Å²) < 4.78 is 7.61. The van der Waals surface area contributed by atoms with Crippen molar-refractivity contribution in [3.63, 3.8) is 0 Å². The second-order valence-electron chi connectivity index (χ2n) is 4.36. The van der Waals surface area contributed by atoms with Crippen LogP contribution < -0.4 is 0 Å². The summed E-state index contributed by atoms with van der Waals surface area (Å²) >= 11 is 1.58. The molecule has 6 heteroatoms. The van der Waals surface area contributed by atoms with Gasteiger partial charge < -0.3 is 8.98 Å². The highest BCUT2D eigenvalue weighted by Crippen LogP contribution is 2.20. The first-order valence-corrected chi connectivity index (χ1v) is 7.25. The molecule has 0 radical (unpaired) electrons. The fourth-order valence-corrected chi connectivity index (χ4v) is 2.58. The van der Waals surface area contributed by atoms with Gasteiger partial charge in [-0.3, -0.25) is 0 Å². The highest BCUT2D eigenvalue weighted by Gasteiger charge is 2.09. The van der Waals surface area contributed by atoms with Crippen LogP contribution in [-0.2, 0) is 19.2 Å². The van der Waals surface area contributed by atoms with Crippen LogP contribution in [0, 0.1) is 0 Å². The van der Waals surface area contributed by atoms with Gasteiger partial charge in [0.15, 0.2) is 5.16 Å². The van der Waals surface area contributed by atoms with Gasteiger partial charge in [0, 0.05) is 19.4 Å². The second-order valence-corrected chi connectivity index (χ2v) is 5.30. The Morgan fingerprint density at radius 3 is 2.70 bits per heavy atom. The van der Waals surface area contributed by atoms with E-state index in [9.17, 15) is 0 Å². The van der Waals surface area contributed by atoms with Crippen molar-refractivity contribution in [1.29, 1.82) is 0 Å². The van der Waals surface area contributed by atoms with E-state index in [1.807, 2.05) is 48.1 Å². The minimum atomic E-state index is 0.629. The molecule has 20 heavy (non-hydrogen) atoms. The third kappa shape index (κ3) is 3.08. The number of nitrogens with zero attached hydrogens (tertiary/aromatic N) is 4. The minimum Gasteiger partial charge on any atom is -0.424 e. The molecule has 0 fully saturated rings. The van der Waals surface area contributed by atoms with E-state index in [0.29, 0.717) is 24.0 Å². The van der Waals surface area contributed by atoms with Crippen LogP contribution in [0.3, 0.4) is 0 Å². The molecule has 1 aromatic carbocycles. The van der Waals surface area contributed by atoms with Crippen molar-refractivity contribution in [3.05, 3.63) is 60.1 Å². The Labute approximate surface area is 121 Å². The smallest absolute Gasteiger partial charge is 0.226 e. The Balaban J connectivity index is 1.61. The van der Waals surface area contributed by atoms with Gasteiger partial charge in [-0.1, -0.05) is 42.1 Å². The van der Waals surface area contributed by atoms with Crippen LogP contribution in [0.4, 0.5) is 0 Å². The highest BCUT2D eigenvalue weighted by atomic mass is 32.2. The Bertz CT molecular complexity index is 677. The second kappa shape index (κ2) is 5.92. The van der Waals surface area contributed by atoms with Gasteiger partial charge in [0.05, 0.1) is 12.2 Å². The van der Waals surface area contributed by atoms with Crippen molar-refractivity contribution in [3.8, 4) is 0 Å². The molecule has 0 bridgehead atoms. The molecule has 102 valence electrons. The molecular weight excluding hydrogens is 272 g/mol.